The number of nitrogens with zero attached hydrogens (tertiary/aromatic N) is 2. The number of furan rings is 1. The highest BCUT2D eigenvalue weighted by molar-refractivity contribution is 6.11. The molecule has 1 spiro atoms. The predicted octanol–water partition coefficient (Wildman–Crippen LogP) is 13.9. The van der Waals surface area contributed by atoms with Gasteiger partial charge in [-0.2, -0.15) is 0 Å². The first kappa shape index (κ1) is 31.9. The van der Waals surface area contributed by atoms with Crippen LogP contribution in [0.5, 0.6) is 0 Å². The molecule has 0 atom stereocenters. The fraction of sp³-hybridized carbons (Fsp3) is 0.115. The van der Waals surface area contributed by atoms with Crippen LogP contribution in [0.4, 0.5) is 0 Å². The molecule has 3 heteroatoms. The number of hydrogen-bond acceptors (Lipinski definition) is 3. The number of benzene rings is 7. The Morgan fingerprint density at radius 2 is 1.00 bits per heavy atom. The van der Waals surface area contributed by atoms with Crippen molar-refractivity contribution in [2.75, 3.05) is 0 Å². The molecule has 0 aliphatic heterocycles. The SMILES string of the molecule is c1ccc(-c2ccc(-c3cc(-c4ccc5oc6c(-c7cccc8c7C7(CCCCC7)c7ccccc7-8)cccc6c5c4)nc(-c4ccccc4)n3)cc2)cc1. The van der Waals surface area contributed by atoms with E-state index in [2.05, 4.69) is 146 Å². The van der Waals surface area contributed by atoms with Gasteiger partial charge in [0.25, 0.3) is 0 Å². The molecule has 2 aliphatic rings. The van der Waals surface area contributed by atoms with Gasteiger partial charge in [-0.05, 0) is 76.1 Å². The number of rotatable bonds is 5. The Kier molecular flexibility index (Phi) is 7.41. The van der Waals surface area contributed by atoms with Crippen molar-refractivity contribution in [2.45, 2.75) is 37.5 Å². The molecule has 2 aliphatic carbocycles. The lowest BCUT2D eigenvalue weighted by Crippen LogP contribution is -2.28. The summed E-state index contributed by atoms with van der Waals surface area (Å²) in [6, 6.07) is 60.7. The fourth-order valence-electron chi connectivity index (χ4n) is 9.55. The van der Waals surface area contributed by atoms with E-state index in [-0.39, 0.29) is 5.41 Å². The van der Waals surface area contributed by atoms with Crippen LogP contribution in [0.25, 0.3) is 89.2 Å². The van der Waals surface area contributed by atoms with E-state index in [1.165, 1.54) is 76.6 Å². The summed E-state index contributed by atoms with van der Waals surface area (Å²) in [5, 5.41) is 2.21. The Labute approximate surface area is 321 Å². The lowest BCUT2D eigenvalue weighted by Gasteiger charge is -2.37. The maximum absolute atomic E-state index is 6.84. The number of hydrogen-bond donors (Lipinski definition) is 0. The zero-order valence-corrected chi connectivity index (χ0v) is 30.5. The summed E-state index contributed by atoms with van der Waals surface area (Å²) in [5.74, 6) is 0.704. The minimum Gasteiger partial charge on any atom is -0.455 e. The van der Waals surface area contributed by atoms with Crippen molar-refractivity contribution < 1.29 is 4.42 Å². The Morgan fingerprint density at radius 3 is 1.78 bits per heavy atom. The van der Waals surface area contributed by atoms with Crippen molar-refractivity contribution in [3.05, 3.63) is 181 Å². The van der Waals surface area contributed by atoms with E-state index in [0.717, 1.165) is 50.0 Å². The van der Waals surface area contributed by atoms with Crippen molar-refractivity contribution in [2.24, 2.45) is 0 Å². The Hall–Kier alpha value is -6.58. The van der Waals surface area contributed by atoms with Gasteiger partial charge in [0.05, 0.1) is 11.4 Å². The van der Waals surface area contributed by atoms with Crippen LogP contribution in [0.1, 0.15) is 43.2 Å². The molecular weight excluding hydrogens is 669 g/mol. The van der Waals surface area contributed by atoms with E-state index in [0.29, 0.717) is 5.82 Å². The van der Waals surface area contributed by atoms with Gasteiger partial charge in [-0.1, -0.05) is 165 Å². The van der Waals surface area contributed by atoms with Crippen LogP contribution in [0.3, 0.4) is 0 Å². The van der Waals surface area contributed by atoms with Gasteiger partial charge in [0.2, 0.25) is 0 Å². The Balaban J connectivity index is 1.05. The molecular formula is C52H38N2O. The van der Waals surface area contributed by atoms with Gasteiger partial charge >= 0.3 is 0 Å². The summed E-state index contributed by atoms with van der Waals surface area (Å²) in [6.07, 6.45) is 6.21. The molecule has 0 radical (unpaired) electrons. The summed E-state index contributed by atoms with van der Waals surface area (Å²) in [4.78, 5) is 10.3. The summed E-state index contributed by atoms with van der Waals surface area (Å²) in [6.45, 7) is 0. The summed E-state index contributed by atoms with van der Waals surface area (Å²) in [5.41, 5.74) is 17.3. The summed E-state index contributed by atoms with van der Waals surface area (Å²) in [7, 11) is 0. The van der Waals surface area contributed by atoms with Gasteiger partial charge in [-0.3, -0.25) is 0 Å². The molecule has 0 amide bonds. The van der Waals surface area contributed by atoms with E-state index >= 15 is 0 Å². The van der Waals surface area contributed by atoms with Crippen molar-refractivity contribution in [1.29, 1.82) is 0 Å². The highest BCUT2D eigenvalue weighted by atomic mass is 16.3. The van der Waals surface area contributed by atoms with E-state index in [1.54, 1.807) is 0 Å². The molecule has 55 heavy (non-hydrogen) atoms. The molecule has 11 rings (SSSR count). The minimum atomic E-state index is 0.0468. The molecule has 9 aromatic rings. The van der Waals surface area contributed by atoms with Crippen LogP contribution in [0, 0.1) is 0 Å². The van der Waals surface area contributed by atoms with Crippen molar-refractivity contribution in [3.63, 3.8) is 0 Å². The molecule has 0 saturated heterocycles. The van der Waals surface area contributed by atoms with Crippen LogP contribution < -0.4 is 0 Å². The topological polar surface area (TPSA) is 38.9 Å². The zero-order chi connectivity index (χ0) is 36.3. The first-order valence-corrected chi connectivity index (χ1v) is 19.5. The fourth-order valence-corrected chi connectivity index (χ4v) is 9.55. The summed E-state index contributed by atoms with van der Waals surface area (Å²) >= 11 is 0. The third-order valence-electron chi connectivity index (χ3n) is 12.1. The van der Waals surface area contributed by atoms with Gasteiger partial charge in [0.15, 0.2) is 5.82 Å². The second-order valence-corrected chi connectivity index (χ2v) is 15.2. The maximum atomic E-state index is 6.84. The smallest absolute Gasteiger partial charge is 0.160 e. The van der Waals surface area contributed by atoms with Crippen LogP contribution >= 0.6 is 0 Å². The number of para-hydroxylation sites is 1. The van der Waals surface area contributed by atoms with Crippen molar-refractivity contribution in [1.82, 2.24) is 9.97 Å². The summed E-state index contributed by atoms with van der Waals surface area (Å²) < 4.78 is 6.84. The van der Waals surface area contributed by atoms with E-state index in [9.17, 15) is 0 Å². The van der Waals surface area contributed by atoms with Crippen LogP contribution in [0.2, 0.25) is 0 Å². The van der Waals surface area contributed by atoms with Crippen LogP contribution in [-0.4, -0.2) is 9.97 Å². The highest BCUT2D eigenvalue weighted by Gasteiger charge is 2.45. The lowest BCUT2D eigenvalue weighted by atomic mass is 9.66. The zero-order valence-electron chi connectivity index (χ0n) is 30.5. The minimum absolute atomic E-state index is 0.0468. The second kappa shape index (κ2) is 12.8. The molecule has 0 unspecified atom stereocenters. The lowest BCUT2D eigenvalue weighted by molar-refractivity contribution is 0.353. The van der Waals surface area contributed by atoms with Gasteiger partial charge in [-0.25, -0.2) is 9.97 Å². The quantitative estimate of drug-likeness (QED) is 0.179. The van der Waals surface area contributed by atoms with Gasteiger partial charge < -0.3 is 4.42 Å². The number of aromatic nitrogens is 2. The number of fused-ring (bicyclic) bond motifs is 8. The Morgan fingerprint density at radius 1 is 0.418 bits per heavy atom. The first-order valence-electron chi connectivity index (χ1n) is 19.5. The van der Waals surface area contributed by atoms with Gasteiger partial charge in [0, 0.05) is 38.4 Å². The predicted molar refractivity (Wildman–Crippen MR) is 226 cm³/mol. The monoisotopic (exact) mass is 706 g/mol. The van der Waals surface area contributed by atoms with Crippen LogP contribution in [0.15, 0.2) is 174 Å². The molecule has 1 saturated carbocycles. The molecule has 0 N–H and O–H groups in total. The highest BCUT2D eigenvalue weighted by Crippen LogP contribution is 2.58. The first-order chi connectivity index (χ1) is 27.2. The molecule has 3 nitrogen and oxygen atoms in total. The van der Waals surface area contributed by atoms with Gasteiger partial charge in [-0.15, -0.1) is 0 Å². The van der Waals surface area contributed by atoms with Crippen molar-refractivity contribution in [3.8, 4) is 67.3 Å². The molecule has 262 valence electrons. The molecule has 2 heterocycles. The largest absolute Gasteiger partial charge is 0.455 e. The van der Waals surface area contributed by atoms with Gasteiger partial charge in [0.1, 0.15) is 11.2 Å². The molecule has 2 aromatic heterocycles. The van der Waals surface area contributed by atoms with Crippen LogP contribution in [-0.2, 0) is 5.41 Å². The average molecular weight is 707 g/mol. The second-order valence-electron chi connectivity index (χ2n) is 15.2. The van der Waals surface area contributed by atoms with E-state index in [1.807, 2.05) is 24.3 Å². The molecule has 0 bridgehead atoms. The normalized spacial score (nSPS) is 14.3. The molecule has 7 aromatic carbocycles. The molecule has 1 fully saturated rings. The Bertz CT molecular complexity index is 2880. The van der Waals surface area contributed by atoms with E-state index < -0.39 is 0 Å². The van der Waals surface area contributed by atoms with E-state index in [4.69, 9.17) is 14.4 Å². The maximum Gasteiger partial charge on any atom is 0.160 e. The third kappa shape index (κ3) is 5.18. The van der Waals surface area contributed by atoms with Crippen molar-refractivity contribution >= 4 is 21.9 Å². The standard InChI is InChI=1S/C52H38N2O/c1-4-14-34(15-5-1)35-24-26-36(27-25-35)46-33-47(54-51(53-46)37-16-6-2-7-17-37)38-28-29-48-44(32-38)43-22-13-21-42(50(43)55-48)41-20-12-19-40-39-18-8-9-23-45(39)52(49(40)41)30-10-3-11-31-52/h1-2,4-9,12-29,32-33H,3,10-11,30-31H2. The average Bonchev–Trinajstić information content (AvgIpc) is 3.77. The third-order valence-corrected chi connectivity index (χ3v) is 12.1.